The summed E-state index contributed by atoms with van der Waals surface area (Å²) in [7, 11) is -3.56. The Morgan fingerprint density at radius 3 is 2.52 bits per heavy atom. The molecule has 2 fully saturated rings. The van der Waals surface area contributed by atoms with Crippen LogP contribution in [0.25, 0.3) is 0 Å². The Bertz CT molecular complexity index is 488. The monoisotopic (exact) mass is 323 g/mol. The number of carbonyl (C=O) groups excluding carboxylic acids is 1. The van der Waals surface area contributed by atoms with Crippen molar-refractivity contribution in [3.63, 3.8) is 0 Å². The van der Waals surface area contributed by atoms with Crippen LogP contribution in [0, 0.1) is 11.8 Å². The number of amides is 1. The second-order valence-corrected chi connectivity index (χ2v) is 8.29. The Morgan fingerprint density at radius 2 is 1.95 bits per heavy atom. The van der Waals surface area contributed by atoms with Crippen molar-refractivity contribution in [2.45, 2.75) is 69.5 Å². The van der Waals surface area contributed by atoms with Crippen LogP contribution in [0.15, 0.2) is 0 Å². The van der Waals surface area contributed by atoms with E-state index >= 15 is 0 Å². The van der Waals surface area contributed by atoms with Crippen molar-refractivity contribution in [3.8, 4) is 0 Å². The van der Waals surface area contributed by atoms with Crippen LogP contribution in [-0.4, -0.2) is 25.5 Å². The maximum absolute atomic E-state index is 13.7. The van der Waals surface area contributed by atoms with Gasteiger partial charge >= 0.3 is 0 Å². The Labute approximate surface area is 124 Å². The van der Waals surface area contributed by atoms with Gasteiger partial charge in [-0.05, 0) is 31.6 Å². The van der Waals surface area contributed by atoms with Crippen molar-refractivity contribution in [3.05, 3.63) is 0 Å². The lowest BCUT2D eigenvalue weighted by Crippen LogP contribution is -2.34. The summed E-state index contributed by atoms with van der Waals surface area (Å²) in [6.45, 7) is 1.96. The van der Waals surface area contributed by atoms with E-state index in [1.165, 1.54) is 0 Å². The number of rotatable bonds is 9. The minimum absolute atomic E-state index is 0.147. The van der Waals surface area contributed by atoms with E-state index in [-0.39, 0.29) is 18.8 Å². The highest BCUT2D eigenvalue weighted by atomic mass is 32.2. The smallest absolute Gasteiger partial charge is 0.248 e. The molecule has 0 saturated heterocycles. The number of carbonyl (C=O) groups is 1. The maximum Gasteiger partial charge on any atom is 0.248 e. The second kappa shape index (κ2) is 6.18. The number of halogens is 2. The Kier molecular flexibility index (Phi) is 4.90. The number of unbranched alkanes of at least 4 members (excludes halogenated alkanes) is 2. The van der Waals surface area contributed by atoms with Gasteiger partial charge in [0.15, 0.2) is 0 Å². The van der Waals surface area contributed by atoms with Gasteiger partial charge in [0.1, 0.15) is 0 Å². The average molecular weight is 323 g/mol. The van der Waals surface area contributed by atoms with Crippen LogP contribution in [0.1, 0.15) is 58.3 Å². The van der Waals surface area contributed by atoms with Crippen molar-refractivity contribution in [1.29, 1.82) is 0 Å². The third kappa shape index (κ3) is 4.90. The number of hydrogen-bond acceptors (Lipinski definition) is 3. The van der Waals surface area contributed by atoms with Crippen LogP contribution in [0.5, 0.6) is 0 Å². The van der Waals surface area contributed by atoms with Crippen LogP contribution in [0.3, 0.4) is 0 Å². The Balaban J connectivity index is 1.74. The van der Waals surface area contributed by atoms with E-state index in [4.69, 9.17) is 0 Å². The van der Waals surface area contributed by atoms with Gasteiger partial charge in [-0.15, -0.1) is 0 Å². The summed E-state index contributed by atoms with van der Waals surface area (Å²) < 4.78 is 52.7. The van der Waals surface area contributed by atoms with Gasteiger partial charge in [-0.25, -0.2) is 17.2 Å². The zero-order valence-electron chi connectivity index (χ0n) is 12.3. The van der Waals surface area contributed by atoms with Crippen LogP contribution in [0.2, 0.25) is 0 Å². The van der Waals surface area contributed by atoms with Crippen LogP contribution < -0.4 is 4.72 Å². The molecule has 1 amide bonds. The highest BCUT2D eigenvalue weighted by Gasteiger charge is 2.49. The quantitative estimate of drug-likeness (QED) is 0.664. The topological polar surface area (TPSA) is 63.2 Å². The van der Waals surface area contributed by atoms with E-state index in [9.17, 15) is 22.0 Å². The average Bonchev–Trinajstić information content (AvgIpc) is 3.22. The zero-order chi connectivity index (χ0) is 15.7. The minimum Gasteiger partial charge on any atom is -0.274 e. The fourth-order valence-corrected chi connectivity index (χ4v) is 3.95. The Morgan fingerprint density at radius 1 is 1.29 bits per heavy atom. The molecule has 0 heterocycles. The summed E-state index contributed by atoms with van der Waals surface area (Å²) >= 11 is 0. The molecule has 0 aromatic carbocycles. The summed E-state index contributed by atoms with van der Waals surface area (Å²) in [5.41, 5.74) is 0. The van der Waals surface area contributed by atoms with Crippen molar-refractivity contribution >= 4 is 15.9 Å². The molecular weight excluding hydrogens is 300 g/mol. The van der Waals surface area contributed by atoms with Crippen LogP contribution in [0.4, 0.5) is 8.78 Å². The van der Waals surface area contributed by atoms with Gasteiger partial charge in [0.2, 0.25) is 21.9 Å². The molecule has 4 nitrogen and oxygen atoms in total. The van der Waals surface area contributed by atoms with E-state index in [1.54, 1.807) is 0 Å². The third-order valence-electron chi connectivity index (χ3n) is 4.17. The molecule has 2 atom stereocenters. The molecule has 0 aliphatic heterocycles. The molecule has 2 rings (SSSR count). The van der Waals surface area contributed by atoms with Gasteiger partial charge in [-0.3, -0.25) is 9.52 Å². The predicted molar refractivity (Wildman–Crippen MR) is 75.4 cm³/mol. The normalized spacial score (nSPS) is 25.7. The fraction of sp³-hybridized carbons (Fsp3) is 0.929. The maximum atomic E-state index is 13.7. The highest BCUT2D eigenvalue weighted by Crippen LogP contribution is 2.47. The lowest BCUT2D eigenvalue weighted by Gasteiger charge is -2.15. The molecule has 2 unspecified atom stereocenters. The predicted octanol–water partition coefficient (Wildman–Crippen LogP) is 2.84. The summed E-state index contributed by atoms with van der Waals surface area (Å²) in [5.74, 6) is -4.28. The Hall–Kier alpha value is -0.720. The van der Waals surface area contributed by atoms with Gasteiger partial charge in [-0.1, -0.05) is 19.8 Å². The first-order valence-electron chi connectivity index (χ1n) is 7.68. The first-order chi connectivity index (χ1) is 9.75. The summed E-state index contributed by atoms with van der Waals surface area (Å²) in [4.78, 5) is 11.8. The molecular formula is C14H23F2NO3S. The first-order valence-corrected chi connectivity index (χ1v) is 9.23. The molecule has 0 radical (unpaired) electrons. The molecule has 122 valence electrons. The van der Waals surface area contributed by atoms with Crippen LogP contribution in [-0.2, 0) is 14.8 Å². The van der Waals surface area contributed by atoms with E-state index in [0.29, 0.717) is 25.7 Å². The van der Waals surface area contributed by atoms with E-state index in [0.717, 1.165) is 12.8 Å². The van der Waals surface area contributed by atoms with Gasteiger partial charge in [-0.2, -0.15) is 0 Å². The number of hydrogen-bond donors (Lipinski definition) is 1. The van der Waals surface area contributed by atoms with Crippen molar-refractivity contribution in [1.82, 2.24) is 4.72 Å². The van der Waals surface area contributed by atoms with Crippen molar-refractivity contribution in [2.75, 3.05) is 0 Å². The first kappa shape index (κ1) is 16.6. The molecule has 0 spiro atoms. The molecule has 0 aromatic rings. The molecule has 0 aromatic heterocycles. The van der Waals surface area contributed by atoms with E-state index in [1.807, 2.05) is 11.6 Å². The van der Waals surface area contributed by atoms with Crippen LogP contribution >= 0.6 is 0 Å². The summed E-state index contributed by atoms with van der Waals surface area (Å²) in [5, 5.41) is -0.464. The second-order valence-electron chi connectivity index (χ2n) is 6.33. The van der Waals surface area contributed by atoms with Gasteiger partial charge < -0.3 is 0 Å². The highest BCUT2D eigenvalue weighted by molar-refractivity contribution is 7.90. The zero-order valence-corrected chi connectivity index (χ0v) is 13.1. The summed E-state index contributed by atoms with van der Waals surface area (Å²) in [6, 6.07) is 0. The van der Waals surface area contributed by atoms with Gasteiger partial charge in [0.25, 0.3) is 0 Å². The van der Waals surface area contributed by atoms with Gasteiger partial charge in [0, 0.05) is 18.8 Å². The minimum atomic E-state index is -3.56. The third-order valence-corrected chi connectivity index (χ3v) is 6.01. The SMILES string of the molecule is CCCCCC(F)(F)CC1CC1C(=O)NS(=O)(=O)C1CC1. The molecule has 2 aliphatic carbocycles. The van der Waals surface area contributed by atoms with Crippen molar-refractivity contribution in [2.24, 2.45) is 11.8 Å². The molecule has 2 aliphatic rings. The molecule has 21 heavy (non-hydrogen) atoms. The fourth-order valence-electron chi connectivity index (χ4n) is 2.59. The standard InChI is InChI=1S/C14H23F2NO3S/c1-2-3-4-7-14(15,16)9-10-8-12(10)13(18)17-21(19,20)11-5-6-11/h10-12H,2-9H2,1H3,(H,17,18). The summed E-state index contributed by atoms with van der Waals surface area (Å²) in [6.07, 6.45) is 3.23. The lowest BCUT2D eigenvalue weighted by atomic mass is 10.0. The largest absolute Gasteiger partial charge is 0.274 e. The van der Waals surface area contributed by atoms with E-state index in [2.05, 4.69) is 0 Å². The molecule has 0 bridgehead atoms. The number of nitrogens with one attached hydrogen (secondary N) is 1. The lowest BCUT2D eigenvalue weighted by molar-refractivity contribution is -0.121. The van der Waals surface area contributed by atoms with E-state index < -0.39 is 33.0 Å². The number of alkyl halides is 2. The number of sulfonamides is 1. The molecule has 7 heteroatoms. The van der Waals surface area contributed by atoms with Crippen molar-refractivity contribution < 1.29 is 22.0 Å². The van der Waals surface area contributed by atoms with Gasteiger partial charge in [0.05, 0.1) is 5.25 Å². The molecule has 1 N–H and O–H groups in total. The molecule has 2 saturated carbocycles.